The number of hydrogen-bond acceptors (Lipinski definition) is 3. The van der Waals surface area contributed by atoms with Crippen LogP contribution in [-0.4, -0.2) is 22.2 Å². The molecule has 128 valence electrons. The van der Waals surface area contributed by atoms with Gasteiger partial charge in [0.15, 0.2) is 0 Å². The minimum atomic E-state index is -1.00. The predicted molar refractivity (Wildman–Crippen MR) is 93.1 cm³/mol. The molecule has 0 unspecified atom stereocenters. The lowest BCUT2D eigenvalue weighted by atomic mass is 10.0. The number of alkyl carbamates (subject to hydrolysis) is 1. The van der Waals surface area contributed by atoms with Crippen LogP contribution in [0.3, 0.4) is 0 Å². The summed E-state index contributed by atoms with van der Waals surface area (Å²) in [7, 11) is 0. The van der Waals surface area contributed by atoms with E-state index in [0.29, 0.717) is 0 Å². The van der Waals surface area contributed by atoms with E-state index in [0.717, 1.165) is 22.0 Å². The van der Waals surface area contributed by atoms with Gasteiger partial charge in [0.05, 0.1) is 12.5 Å². The zero-order chi connectivity index (χ0) is 17.6. The predicted octanol–water partition coefficient (Wildman–Crippen LogP) is 3.61. The molecular weight excluding hydrogens is 320 g/mol. The number of aliphatic carboxylic acids is 1. The average molecular weight is 338 g/mol. The monoisotopic (exact) mass is 338 g/mol. The van der Waals surface area contributed by atoms with E-state index in [-0.39, 0.29) is 13.0 Å². The SMILES string of the molecule is O=C(O)C[C@@H](NC(=O)OCc1ccccc1)c1c[nH]c2ccccc12. The largest absolute Gasteiger partial charge is 0.481 e. The molecule has 0 fully saturated rings. The van der Waals surface area contributed by atoms with Crippen LogP contribution in [0.15, 0.2) is 60.8 Å². The Bertz CT molecular complexity index is 873. The standard InChI is InChI=1S/C19H18N2O4/c22-18(23)10-17(15-11-20-16-9-5-4-8-14(15)16)21-19(24)25-12-13-6-2-1-3-7-13/h1-9,11,17,20H,10,12H2,(H,21,24)(H,22,23)/t17-/m1/s1. The Labute approximate surface area is 144 Å². The van der Waals surface area contributed by atoms with E-state index in [9.17, 15) is 14.7 Å². The highest BCUT2D eigenvalue weighted by molar-refractivity contribution is 5.85. The number of nitrogens with one attached hydrogen (secondary N) is 2. The van der Waals surface area contributed by atoms with E-state index in [4.69, 9.17) is 4.74 Å². The normalized spacial score (nSPS) is 11.8. The second-order valence-electron chi connectivity index (χ2n) is 5.65. The molecule has 0 bridgehead atoms. The van der Waals surface area contributed by atoms with Crippen molar-refractivity contribution in [2.45, 2.75) is 19.1 Å². The quantitative estimate of drug-likeness (QED) is 0.640. The number of carboxylic acids is 1. The van der Waals surface area contributed by atoms with E-state index < -0.39 is 18.1 Å². The Kier molecular flexibility index (Phi) is 4.99. The molecule has 0 radical (unpaired) electrons. The first-order valence-electron chi connectivity index (χ1n) is 7.88. The van der Waals surface area contributed by atoms with Gasteiger partial charge in [0, 0.05) is 22.7 Å². The number of aromatic nitrogens is 1. The molecule has 6 nitrogen and oxygen atoms in total. The van der Waals surface area contributed by atoms with Gasteiger partial charge in [0.2, 0.25) is 0 Å². The molecule has 1 amide bonds. The summed E-state index contributed by atoms with van der Waals surface area (Å²) >= 11 is 0. The van der Waals surface area contributed by atoms with Gasteiger partial charge in [-0.2, -0.15) is 0 Å². The zero-order valence-corrected chi connectivity index (χ0v) is 13.4. The summed E-state index contributed by atoms with van der Waals surface area (Å²) < 4.78 is 5.20. The topological polar surface area (TPSA) is 91.4 Å². The highest BCUT2D eigenvalue weighted by atomic mass is 16.5. The van der Waals surface area contributed by atoms with Gasteiger partial charge < -0.3 is 20.1 Å². The van der Waals surface area contributed by atoms with Gasteiger partial charge >= 0.3 is 12.1 Å². The van der Waals surface area contributed by atoms with Crippen molar-refractivity contribution in [3.05, 3.63) is 71.9 Å². The van der Waals surface area contributed by atoms with Crippen molar-refractivity contribution in [1.82, 2.24) is 10.3 Å². The fraction of sp³-hybridized carbons (Fsp3) is 0.158. The molecule has 1 aromatic heterocycles. The molecule has 3 rings (SSSR count). The molecule has 1 atom stereocenters. The zero-order valence-electron chi connectivity index (χ0n) is 13.4. The van der Waals surface area contributed by atoms with Crippen molar-refractivity contribution in [2.24, 2.45) is 0 Å². The molecule has 3 N–H and O–H groups in total. The second-order valence-corrected chi connectivity index (χ2v) is 5.65. The number of benzene rings is 2. The number of carbonyl (C=O) groups excluding carboxylic acids is 1. The number of H-pyrrole nitrogens is 1. The highest BCUT2D eigenvalue weighted by Gasteiger charge is 2.21. The fourth-order valence-corrected chi connectivity index (χ4v) is 2.70. The average Bonchev–Trinajstić information content (AvgIpc) is 3.04. The maximum atomic E-state index is 12.1. The van der Waals surface area contributed by atoms with Crippen LogP contribution >= 0.6 is 0 Å². The van der Waals surface area contributed by atoms with Gasteiger partial charge in [0.1, 0.15) is 6.61 Å². The van der Waals surface area contributed by atoms with E-state index in [1.807, 2.05) is 54.6 Å². The lowest BCUT2D eigenvalue weighted by Crippen LogP contribution is -2.30. The summed E-state index contributed by atoms with van der Waals surface area (Å²) in [6, 6.07) is 16.1. The summed E-state index contributed by atoms with van der Waals surface area (Å²) in [5.41, 5.74) is 2.46. The minimum absolute atomic E-state index is 0.125. The maximum absolute atomic E-state index is 12.1. The lowest BCUT2D eigenvalue weighted by Gasteiger charge is -2.16. The Balaban J connectivity index is 1.72. The van der Waals surface area contributed by atoms with Gasteiger partial charge in [-0.25, -0.2) is 4.79 Å². The first-order valence-corrected chi connectivity index (χ1v) is 7.88. The molecule has 0 aliphatic carbocycles. The van der Waals surface area contributed by atoms with Crippen molar-refractivity contribution in [1.29, 1.82) is 0 Å². The molecule has 6 heteroatoms. The summed E-state index contributed by atoms with van der Waals surface area (Å²) in [6.07, 6.45) is 0.832. The van der Waals surface area contributed by atoms with Crippen LogP contribution in [0.2, 0.25) is 0 Å². The number of rotatable bonds is 6. The molecule has 1 heterocycles. The van der Waals surface area contributed by atoms with Crippen LogP contribution in [0.1, 0.15) is 23.6 Å². The van der Waals surface area contributed by atoms with E-state index >= 15 is 0 Å². The van der Waals surface area contributed by atoms with Crippen molar-refractivity contribution in [3.63, 3.8) is 0 Å². The molecule has 0 saturated carbocycles. The third kappa shape index (κ3) is 4.17. The van der Waals surface area contributed by atoms with Gasteiger partial charge in [0.25, 0.3) is 0 Å². The molecule has 2 aromatic carbocycles. The van der Waals surface area contributed by atoms with Gasteiger partial charge in [-0.05, 0) is 11.6 Å². The summed E-state index contributed by atoms with van der Waals surface area (Å²) in [4.78, 5) is 26.4. The summed E-state index contributed by atoms with van der Waals surface area (Å²) in [6.45, 7) is 0.125. The highest BCUT2D eigenvalue weighted by Crippen LogP contribution is 2.26. The van der Waals surface area contributed by atoms with Crippen molar-refractivity contribution in [2.75, 3.05) is 0 Å². The first-order chi connectivity index (χ1) is 12.1. The lowest BCUT2D eigenvalue weighted by molar-refractivity contribution is -0.137. The van der Waals surface area contributed by atoms with Gasteiger partial charge in [-0.3, -0.25) is 4.79 Å². The Morgan fingerprint density at radius 1 is 1.08 bits per heavy atom. The fourth-order valence-electron chi connectivity index (χ4n) is 2.70. The first kappa shape index (κ1) is 16.6. The van der Waals surface area contributed by atoms with Crippen LogP contribution in [0.5, 0.6) is 0 Å². The summed E-state index contributed by atoms with van der Waals surface area (Å²) in [5.74, 6) is -1.00. The van der Waals surface area contributed by atoms with E-state index in [1.165, 1.54) is 0 Å². The third-order valence-corrected chi connectivity index (χ3v) is 3.88. The van der Waals surface area contributed by atoms with Crippen LogP contribution in [0.25, 0.3) is 10.9 Å². The summed E-state index contributed by atoms with van der Waals surface area (Å²) in [5, 5.41) is 12.7. The van der Waals surface area contributed by atoms with Crippen LogP contribution in [-0.2, 0) is 16.1 Å². The number of carboxylic acid groups (broad SMARTS) is 1. The van der Waals surface area contributed by atoms with Crippen molar-refractivity contribution in [3.8, 4) is 0 Å². The van der Waals surface area contributed by atoms with E-state index in [1.54, 1.807) is 6.20 Å². The van der Waals surface area contributed by atoms with Gasteiger partial charge in [-0.15, -0.1) is 0 Å². The third-order valence-electron chi connectivity index (χ3n) is 3.88. The van der Waals surface area contributed by atoms with Crippen LogP contribution in [0.4, 0.5) is 4.79 Å². The molecule has 3 aromatic rings. The van der Waals surface area contributed by atoms with Crippen molar-refractivity contribution >= 4 is 23.0 Å². The number of para-hydroxylation sites is 1. The molecular formula is C19H18N2O4. The molecule has 0 aliphatic heterocycles. The number of fused-ring (bicyclic) bond motifs is 1. The van der Waals surface area contributed by atoms with E-state index in [2.05, 4.69) is 10.3 Å². The number of amides is 1. The number of aromatic amines is 1. The molecule has 0 spiro atoms. The Hall–Kier alpha value is -3.28. The van der Waals surface area contributed by atoms with Gasteiger partial charge in [-0.1, -0.05) is 48.5 Å². The minimum Gasteiger partial charge on any atom is -0.481 e. The number of carbonyl (C=O) groups is 2. The number of ether oxygens (including phenoxy) is 1. The molecule has 25 heavy (non-hydrogen) atoms. The number of hydrogen-bond donors (Lipinski definition) is 3. The van der Waals surface area contributed by atoms with Crippen LogP contribution in [0, 0.1) is 0 Å². The van der Waals surface area contributed by atoms with Crippen molar-refractivity contribution < 1.29 is 19.4 Å². The van der Waals surface area contributed by atoms with Crippen LogP contribution < -0.4 is 5.32 Å². The molecule has 0 saturated heterocycles. The molecule has 0 aliphatic rings. The maximum Gasteiger partial charge on any atom is 0.407 e. The Morgan fingerprint density at radius 3 is 2.56 bits per heavy atom. The Morgan fingerprint density at radius 2 is 1.80 bits per heavy atom. The smallest absolute Gasteiger partial charge is 0.407 e. The second kappa shape index (κ2) is 7.53.